The van der Waals surface area contributed by atoms with Gasteiger partial charge in [-0.25, -0.2) is 9.59 Å². The summed E-state index contributed by atoms with van der Waals surface area (Å²) in [6.07, 6.45) is 0.865. The molecule has 132 valence electrons. The van der Waals surface area contributed by atoms with Gasteiger partial charge in [0.25, 0.3) is 0 Å². The van der Waals surface area contributed by atoms with Gasteiger partial charge in [-0.1, -0.05) is 0 Å². The van der Waals surface area contributed by atoms with Crippen LogP contribution in [0.2, 0.25) is 0 Å². The molecule has 7 heteroatoms. The molecule has 0 aromatic heterocycles. The van der Waals surface area contributed by atoms with E-state index in [1.807, 2.05) is 0 Å². The Morgan fingerprint density at radius 2 is 1.88 bits per heavy atom. The van der Waals surface area contributed by atoms with Crippen molar-refractivity contribution in [3.8, 4) is 5.75 Å². The van der Waals surface area contributed by atoms with Crippen LogP contribution in [-0.4, -0.2) is 42.3 Å². The Morgan fingerprint density at radius 3 is 2.46 bits per heavy atom. The van der Waals surface area contributed by atoms with E-state index in [0.717, 1.165) is 29.1 Å². The van der Waals surface area contributed by atoms with E-state index < -0.39 is 23.7 Å². The van der Waals surface area contributed by atoms with Gasteiger partial charge < -0.3 is 13.7 Å². The molecule has 1 unspecified atom stereocenters. The maximum Gasteiger partial charge on any atom is 0.411 e. The van der Waals surface area contributed by atoms with Crippen molar-refractivity contribution in [3.63, 3.8) is 0 Å². The van der Waals surface area contributed by atoms with Crippen LogP contribution < -0.4 is 4.74 Å². The van der Waals surface area contributed by atoms with Gasteiger partial charge in [-0.15, -0.1) is 0 Å². The fraction of sp³-hybridized carbons (Fsp3) is 0.529. The minimum absolute atomic E-state index is 0.431. The van der Waals surface area contributed by atoms with Gasteiger partial charge >= 0.3 is 12.1 Å². The molecule has 0 aliphatic carbocycles. The molecule has 2 rings (SSSR count). The standard InChI is InChI=1S/C17H23NO5S/c1-17(2,3)22-16(20)18-11-5-6-14(18)15(19)23-24-13-9-7-12(21-4)8-10-13/h7-10,14H,5-6,11H2,1-4H3. The van der Waals surface area contributed by atoms with Gasteiger partial charge in [0, 0.05) is 11.4 Å². The van der Waals surface area contributed by atoms with Crippen molar-refractivity contribution in [2.24, 2.45) is 0 Å². The third-order valence-corrected chi connectivity index (χ3v) is 4.14. The smallest absolute Gasteiger partial charge is 0.411 e. The lowest BCUT2D eigenvalue weighted by Crippen LogP contribution is -2.43. The first-order valence-electron chi connectivity index (χ1n) is 7.82. The minimum Gasteiger partial charge on any atom is -0.497 e. The molecule has 0 N–H and O–H groups in total. The summed E-state index contributed by atoms with van der Waals surface area (Å²) in [5.74, 6) is 0.303. The van der Waals surface area contributed by atoms with Crippen molar-refractivity contribution in [1.82, 2.24) is 4.90 Å². The fourth-order valence-corrected chi connectivity index (χ4v) is 2.86. The molecule has 1 heterocycles. The van der Waals surface area contributed by atoms with E-state index in [1.165, 1.54) is 4.90 Å². The summed E-state index contributed by atoms with van der Waals surface area (Å²) in [4.78, 5) is 26.7. The van der Waals surface area contributed by atoms with Crippen molar-refractivity contribution < 1.29 is 23.2 Å². The maximum absolute atomic E-state index is 12.3. The number of hydrogen-bond donors (Lipinski definition) is 0. The van der Waals surface area contributed by atoms with E-state index in [-0.39, 0.29) is 0 Å². The lowest BCUT2D eigenvalue weighted by Gasteiger charge is -2.27. The Morgan fingerprint density at radius 1 is 1.21 bits per heavy atom. The molecule has 0 spiro atoms. The second-order valence-electron chi connectivity index (χ2n) is 6.49. The zero-order valence-electron chi connectivity index (χ0n) is 14.4. The van der Waals surface area contributed by atoms with Crippen molar-refractivity contribution in [3.05, 3.63) is 24.3 Å². The molecule has 24 heavy (non-hydrogen) atoms. The highest BCUT2D eigenvalue weighted by Gasteiger charge is 2.37. The number of benzene rings is 1. The molecule has 1 atom stereocenters. The monoisotopic (exact) mass is 353 g/mol. The van der Waals surface area contributed by atoms with Crippen LogP contribution in [0.1, 0.15) is 33.6 Å². The van der Waals surface area contributed by atoms with Crippen LogP contribution in [0.5, 0.6) is 5.75 Å². The average molecular weight is 353 g/mol. The molecule has 1 aliphatic heterocycles. The lowest BCUT2D eigenvalue weighted by molar-refractivity contribution is -0.137. The number of rotatable bonds is 4. The molecule has 1 amide bonds. The zero-order valence-corrected chi connectivity index (χ0v) is 15.2. The number of carbonyl (C=O) groups excluding carboxylic acids is 2. The Balaban J connectivity index is 1.91. The summed E-state index contributed by atoms with van der Waals surface area (Å²) >= 11 is 0.978. The molecular weight excluding hydrogens is 330 g/mol. The van der Waals surface area contributed by atoms with E-state index in [2.05, 4.69) is 0 Å². The first-order valence-corrected chi connectivity index (χ1v) is 8.56. The molecule has 1 aromatic rings. The number of likely N-dealkylation sites (tertiary alicyclic amines) is 1. The Labute approximate surface area is 146 Å². The number of nitrogens with zero attached hydrogens (tertiary/aromatic N) is 1. The Hall–Kier alpha value is -1.89. The summed E-state index contributed by atoms with van der Waals surface area (Å²) in [6, 6.07) is 6.59. The normalized spacial score (nSPS) is 17.5. The highest BCUT2D eigenvalue weighted by molar-refractivity contribution is 7.95. The number of methoxy groups -OCH3 is 1. The number of hydrogen-bond acceptors (Lipinski definition) is 6. The quantitative estimate of drug-likeness (QED) is 0.770. The summed E-state index contributed by atoms with van der Waals surface area (Å²) in [5.41, 5.74) is -0.591. The fourth-order valence-electron chi connectivity index (χ4n) is 2.33. The Kier molecular flexibility index (Phi) is 5.99. The van der Waals surface area contributed by atoms with E-state index in [4.69, 9.17) is 13.7 Å². The molecule has 1 fully saturated rings. The van der Waals surface area contributed by atoms with Gasteiger partial charge in [-0.3, -0.25) is 4.90 Å². The molecule has 0 saturated carbocycles. The van der Waals surface area contributed by atoms with E-state index in [9.17, 15) is 9.59 Å². The van der Waals surface area contributed by atoms with Gasteiger partial charge in [0.15, 0.2) is 0 Å². The number of carbonyl (C=O) groups is 2. The molecule has 6 nitrogen and oxygen atoms in total. The van der Waals surface area contributed by atoms with Crippen LogP contribution >= 0.6 is 12.0 Å². The molecule has 1 aliphatic rings. The van der Waals surface area contributed by atoms with Gasteiger partial charge in [-0.05, 0) is 57.9 Å². The summed E-state index contributed by atoms with van der Waals surface area (Å²) in [6.45, 7) is 5.90. The Bertz CT molecular complexity index is 582. The van der Waals surface area contributed by atoms with Crippen molar-refractivity contribution >= 4 is 24.1 Å². The van der Waals surface area contributed by atoms with Crippen LogP contribution in [0.25, 0.3) is 0 Å². The molecule has 1 saturated heterocycles. The van der Waals surface area contributed by atoms with Crippen LogP contribution in [0.15, 0.2) is 29.2 Å². The van der Waals surface area contributed by atoms with Crippen LogP contribution in [0, 0.1) is 0 Å². The average Bonchev–Trinajstić information content (AvgIpc) is 3.01. The largest absolute Gasteiger partial charge is 0.497 e. The molecular formula is C17H23NO5S. The topological polar surface area (TPSA) is 65.1 Å². The second-order valence-corrected chi connectivity index (χ2v) is 7.30. The van der Waals surface area contributed by atoms with Gasteiger partial charge in [-0.2, -0.15) is 0 Å². The lowest BCUT2D eigenvalue weighted by atomic mass is 10.2. The third-order valence-electron chi connectivity index (χ3n) is 3.43. The van der Waals surface area contributed by atoms with Gasteiger partial charge in [0.1, 0.15) is 17.4 Å². The highest BCUT2D eigenvalue weighted by atomic mass is 32.2. The van der Waals surface area contributed by atoms with E-state index in [0.29, 0.717) is 13.0 Å². The molecule has 0 radical (unpaired) electrons. The van der Waals surface area contributed by atoms with Gasteiger partial charge in [0.2, 0.25) is 0 Å². The first kappa shape index (κ1) is 18.4. The van der Waals surface area contributed by atoms with E-state index in [1.54, 1.807) is 52.1 Å². The zero-order chi connectivity index (χ0) is 17.7. The predicted molar refractivity (Wildman–Crippen MR) is 90.9 cm³/mol. The van der Waals surface area contributed by atoms with Crippen molar-refractivity contribution in [2.45, 2.75) is 50.2 Å². The van der Waals surface area contributed by atoms with Gasteiger partial charge in [0.05, 0.1) is 19.2 Å². The summed E-state index contributed by atoms with van der Waals surface area (Å²) in [5, 5.41) is 0. The van der Waals surface area contributed by atoms with Crippen LogP contribution in [0.4, 0.5) is 4.79 Å². The predicted octanol–water partition coefficient (Wildman–Crippen LogP) is 3.65. The number of ether oxygens (including phenoxy) is 2. The van der Waals surface area contributed by atoms with Crippen molar-refractivity contribution in [2.75, 3.05) is 13.7 Å². The SMILES string of the molecule is COc1ccc(SOC(=O)C2CCCN2C(=O)OC(C)(C)C)cc1. The van der Waals surface area contributed by atoms with Crippen LogP contribution in [-0.2, 0) is 13.7 Å². The maximum atomic E-state index is 12.3. The van der Waals surface area contributed by atoms with Crippen LogP contribution in [0.3, 0.4) is 0 Å². The summed E-state index contributed by atoms with van der Waals surface area (Å²) < 4.78 is 15.7. The minimum atomic E-state index is -0.592. The summed E-state index contributed by atoms with van der Waals surface area (Å²) in [7, 11) is 1.59. The molecule has 0 bridgehead atoms. The molecule has 1 aromatic carbocycles. The van der Waals surface area contributed by atoms with E-state index >= 15 is 0 Å². The number of amides is 1. The second kappa shape index (κ2) is 7.79. The highest BCUT2D eigenvalue weighted by Crippen LogP contribution is 2.26. The third kappa shape index (κ3) is 5.06. The first-order chi connectivity index (χ1) is 11.3. The van der Waals surface area contributed by atoms with Crippen molar-refractivity contribution in [1.29, 1.82) is 0 Å².